The summed E-state index contributed by atoms with van der Waals surface area (Å²) in [6.45, 7) is 1.85. The Morgan fingerprint density at radius 3 is 2.69 bits per heavy atom. The van der Waals surface area contributed by atoms with Crippen LogP contribution in [0.5, 0.6) is 0 Å². The normalized spacial score (nSPS) is 10.0. The summed E-state index contributed by atoms with van der Waals surface area (Å²) < 4.78 is 0. The lowest BCUT2D eigenvalue weighted by atomic mass is 10.1. The zero-order valence-corrected chi connectivity index (χ0v) is 8.65. The summed E-state index contributed by atoms with van der Waals surface area (Å²) in [5, 5.41) is 0. The van der Waals surface area contributed by atoms with Gasteiger partial charge in [0.25, 0.3) is 0 Å². The first-order chi connectivity index (χ1) is 6.19. The van der Waals surface area contributed by atoms with Crippen LogP contribution in [0.4, 0.5) is 5.69 Å². The first kappa shape index (κ1) is 10.1. The Kier molecular flexibility index (Phi) is 3.37. The molecule has 0 saturated carbocycles. The van der Waals surface area contributed by atoms with Gasteiger partial charge in [0.1, 0.15) is 0 Å². The van der Waals surface area contributed by atoms with Crippen molar-refractivity contribution in [2.45, 2.75) is 18.2 Å². The molecule has 1 rings (SSSR count). The van der Waals surface area contributed by atoms with Crippen LogP contribution in [0.3, 0.4) is 0 Å². The third-order valence-corrected chi connectivity index (χ3v) is 2.68. The number of hydrogen-bond acceptors (Lipinski definition) is 3. The van der Waals surface area contributed by atoms with Crippen LogP contribution in [-0.4, -0.2) is 12.0 Å². The number of ketones is 1. The predicted molar refractivity (Wildman–Crippen MR) is 57.3 cm³/mol. The minimum absolute atomic E-state index is 0.138. The number of carbonyl (C=O) groups is 1. The van der Waals surface area contributed by atoms with Crippen molar-refractivity contribution in [1.82, 2.24) is 0 Å². The molecule has 0 amide bonds. The summed E-state index contributed by atoms with van der Waals surface area (Å²) in [5.74, 6) is 0.138. The van der Waals surface area contributed by atoms with Crippen LogP contribution in [0, 0.1) is 0 Å². The molecule has 1 aromatic rings. The molecule has 70 valence electrons. The molecule has 0 saturated heterocycles. The highest BCUT2D eigenvalue weighted by atomic mass is 32.2. The summed E-state index contributed by atoms with van der Waals surface area (Å²) in [6.07, 6.45) is 2.49. The van der Waals surface area contributed by atoms with Gasteiger partial charge < -0.3 is 5.73 Å². The molecule has 13 heavy (non-hydrogen) atoms. The Hall–Kier alpha value is -0.960. The summed E-state index contributed by atoms with van der Waals surface area (Å²) in [5.41, 5.74) is 7.14. The number of nitrogens with two attached hydrogens (primary N) is 1. The van der Waals surface area contributed by atoms with Crippen molar-refractivity contribution in [2.75, 3.05) is 12.0 Å². The van der Waals surface area contributed by atoms with Gasteiger partial charge in [-0.1, -0.05) is 13.0 Å². The van der Waals surface area contributed by atoms with Gasteiger partial charge in [-0.25, -0.2) is 0 Å². The first-order valence-electron chi connectivity index (χ1n) is 4.15. The summed E-state index contributed by atoms with van der Waals surface area (Å²) in [4.78, 5) is 12.3. The maximum Gasteiger partial charge on any atom is 0.162 e. The number of nitrogen functional groups attached to an aromatic ring is 1. The second-order valence-electron chi connectivity index (χ2n) is 2.73. The molecular weight excluding hydrogens is 182 g/mol. The highest BCUT2D eigenvalue weighted by Gasteiger charge is 2.05. The van der Waals surface area contributed by atoms with E-state index in [-0.39, 0.29) is 5.78 Å². The van der Waals surface area contributed by atoms with Crippen molar-refractivity contribution < 1.29 is 4.79 Å². The van der Waals surface area contributed by atoms with Crippen molar-refractivity contribution >= 4 is 23.2 Å². The standard InChI is InChI=1S/C10H13NOS/c1-3-9(12)7-4-5-10(13-2)8(11)6-7/h4-6H,3,11H2,1-2H3. The van der Waals surface area contributed by atoms with E-state index >= 15 is 0 Å². The zero-order chi connectivity index (χ0) is 9.84. The van der Waals surface area contributed by atoms with Gasteiger partial charge in [-0.15, -0.1) is 11.8 Å². The molecule has 2 nitrogen and oxygen atoms in total. The number of rotatable bonds is 3. The second-order valence-corrected chi connectivity index (χ2v) is 3.58. The highest BCUT2D eigenvalue weighted by Crippen LogP contribution is 2.23. The third kappa shape index (κ3) is 2.25. The van der Waals surface area contributed by atoms with E-state index in [0.29, 0.717) is 17.7 Å². The van der Waals surface area contributed by atoms with Crippen molar-refractivity contribution in [2.24, 2.45) is 0 Å². The average Bonchev–Trinajstić information content (AvgIpc) is 2.16. The van der Waals surface area contributed by atoms with E-state index in [4.69, 9.17) is 5.73 Å². The van der Waals surface area contributed by atoms with Gasteiger partial charge in [0.05, 0.1) is 0 Å². The van der Waals surface area contributed by atoms with Crippen molar-refractivity contribution in [3.05, 3.63) is 23.8 Å². The van der Waals surface area contributed by atoms with E-state index in [1.165, 1.54) is 0 Å². The number of Topliss-reactive ketones (excluding diaryl/α,β-unsaturated/α-hetero) is 1. The average molecular weight is 195 g/mol. The fourth-order valence-electron chi connectivity index (χ4n) is 1.11. The van der Waals surface area contributed by atoms with Crippen LogP contribution in [0.15, 0.2) is 23.1 Å². The van der Waals surface area contributed by atoms with Gasteiger partial charge in [0.15, 0.2) is 5.78 Å². The number of anilines is 1. The Balaban J connectivity index is 3.02. The molecule has 0 unspecified atom stereocenters. The Labute approximate surface area is 82.5 Å². The van der Waals surface area contributed by atoms with E-state index in [1.54, 1.807) is 17.8 Å². The van der Waals surface area contributed by atoms with E-state index in [0.717, 1.165) is 4.90 Å². The monoisotopic (exact) mass is 195 g/mol. The SMILES string of the molecule is CCC(=O)c1ccc(SC)c(N)c1. The summed E-state index contributed by atoms with van der Waals surface area (Å²) in [6, 6.07) is 5.47. The van der Waals surface area contributed by atoms with Crippen molar-refractivity contribution in [3.8, 4) is 0 Å². The molecule has 0 spiro atoms. The maximum atomic E-state index is 11.3. The van der Waals surface area contributed by atoms with Crippen molar-refractivity contribution in [3.63, 3.8) is 0 Å². The molecule has 0 aliphatic heterocycles. The van der Waals surface area contributed by atoms with E-state index in [9.17, 15) is 4.79 Å². The van der Waals surface area contributed by atoms with Crippen LogP contribution >= 0.6 is 11.8 Å². The van der Waals surface area contributed by atoms with Crippen LogP contribution in [-0.2, 0) is 0 Å². The van der Waals surface area contributed by atoms with Gasteiger partial charge in [-0.05, 0) is 18.4 Å². The highest BCUT2D eigenvalue weighted by molar-refractivity contribution is 7.98. The molecule has 0 aliphatic rings. The Morgan fingerprint density at radius 2 is 2.23 bits per heavy atom. The van der Waals surface area contributed by atoms with Crippen LogP contribution in [0.2, 0.25) is 0 Å². The van der Waals surface area contributed by atoms with Crippen LogP contribution < -0.4 is 5.73 Å². The third-order valence-electron chi connectivity index (χ3n) is 1.87. The predicted octanol–water partition coefficient (Wildman–Crippen LogP) is 2.58. The second kappa shape index (κ2) is 4.33. The minimum atomic E-state index is 0.138. The summed E-state index contributed by atoms with van der Waals surface area (Å²) >= 11 is 1.59. The fourth-order valence-corrected chi connectivity index (χ4v) is 1.61. The molecular formula is C10H13NOS. The van der Waals surface area contributed by atoms with Gasteiger partial charge >= 0.3 is 0 Å². The smallest absolute Gasteiger partial charge is 0.162 e. The van der Waals surface area contributed by atoms with Crippen LogP contribution in [0.1, 0.15) is 23.7 Å². The number of hydrogen-bond donors (Lipinski definition) is 1. The van der Waals surface area contributed by atoms with Crippen LogP contribution in [0.25, 0.3) is 0 Å². The molecule has 0 atom stereocenters. The molecule has 2 N–H and O–H groups in total. The lowest BCUT2D eigenvalue weighted by Gasteiger charge is -2.04. The van der Waals surface area contributed by atoms with Gasteiger partial charge in [0.2, 0.25) is 0 Å². The fraction of sp³-hybridized carbons (Fsp3) is 0.300. The Bertz CT molecular complexity index is 323. The topological polar surface area (TPSA) is 43.1 Å². The molecule has 1 aromatic carbocycles. The molecule has 0 fully saturated rings. The molecule has 3 heteroatoms. The van der Waals surface area contributed by atoms with E-state index in [1.807, 2.05) is 25.3 Å². The number of carbonyl (C=O) groups excluding carboxylic acids is 1. The lowest BCUT2D eigenvalue weighted by molar-refractivity contribution is 0.0988. The minimum Gasteiger partial charge on any atom is -0.398 e. The van der Waals surface area contributed by atoms with Gasteiger partial charge in [0, 0.05) is 22.6 Å². The first-order valence-corrected chi connectivity index (χ1v) is 5.38. The molecule has 0 heterocycles. The van der Waals surface area contributed by atoms with E-state index < -0.39 is 0 Å². The van der Waals surface area contributed by atoms with Gasteiger partial charge in [-0.2, -0.15) is 0 Å². The number of benzene rings is 1. The lowest BCUT2D eigenvalue weighted by Crippen LogP contribution is -1.98. The zero-order valence-electron chi connectivity index (χ0n) is 7.83. The molecule has 0 bridgehead atoms. The largest absolute Gasteiger partial charge is 0.398 e. The maximum absolute atomic E-state index is 11.3. The molecule has 0 radical (unpaired) electrons. The van der Waals surface area contributed by atoms with Gasteiger partial charge in [-0.3, -0.25) is 4.79 Å². The Morgan fingerprint density at radius 1 is 1.54 bits per heavy atom. The number of thioether (sulfide) groups is 1. The van der Waals surface area contributed by atoms with Crippen molar-refractivity contribution in [1.29, 1.82) is 0 Å². The summed E-state index contributed by atoms with van der Waals surface area (Å²) in [7, 11) is 0. The molecule has 0 aromatic heterocycles. The van der Waals surface area contributed by atoms with E-state index in [2.05, 4.69) is 0 Å². The molecule has 0 aliphatic carbocycles. The quantitative estimate of drug-likeness (QED) is 0.458.